The highest BCUT2D eigenvalue weighted by molar-refractivity contribution is 9.10. The van der Waals surface area contributed by atoms with Crippen LogP contribution in [0.2, 0.25) is 0 Å². The van der Waals surface area contributed by atoms with Gasteiger partial charge in [0.15, 0.2) is 11.6 Å². The highest BCUT2D eigenvalue weighted by Gasteiger charge is 2.19. The number of aromatic nitrogens is 2. The Kier molecular flexibility index (Phi) is 4.99. The van der Waals surface area contributed by atoms with Gasteiger partial charge in [-0.3, -0.25) is 20.0 Å². The Labute approximate surface area is 156 Å². The zero-order valence-corrected chi connectivity index (χ0v) is 15.1. The molecular formula is C17H13BrN4O4. The van der Waals surface area contributed by atoms with Crippen LogP contribution in [0.4, 0.5) is 11.5 Å². The van der Waals surface area contributed by atoms with Gasteiger partial charge in [0.1, 0.15) is 0 Å². The number of H-pyrrole nitrogens is 1. The van der Waals surface area contributed by atoms with Crippen LogP contribution < -0.4 is 10.1 Å². The Balaban J connectivity index is 1.82. The normalized spacial score (nSPS) is 10.4. The van der Waals surface area contributed by atoms with Crippen molar-refractivity contribution in [3.63, 3.8) is 0 Å². The molecule has 0 aliphatic carbocycles. The Hall–Kier alpha value is -3.20. The van der Waals surface area contributed by atoms with Crippen molar-refractivity contribution in [1.82, 2.24) is 10.2 Å². The molecule has 0 atom stereocenters. The molecule has 1 heterocycles. The average Bonchev–Trinajstić information content (AvgIpc) is 3.09. The summed E-state index contributed by atoms with van der Waals surface area (Å²) in [5.74, 6) is -0.123. The predicted molar refractivity (Wildman–Crippen MR) is 99.3 cm³/mol. The van der Waals surface area contributed by atoms with Gasteiger partial charge in [-0.2, -0.15) is 5.10 Å². The van der Waals surface area contributed by atoms with E-state index in [1.54, 1.807) is 6.07 Å². The highest BCUT2D eigenvalue weighted by atomic mass is 79.9. The predicted octanol–water partition coefficient (Wildman–Crippen LogP) is 4.01. The molecule has 9 heteroatoms. The minimum absolute atomic E-state index is 0.0857. The van der Waals surface area contributed by atoms with E-state index in [-0.39, 0.29) is 17.0 Å². The molecule has 2 aromatic carbocycles. The first-order chi connectivity index (χ1) is 12.5. The second-order valence-electron chi connectivity index (χ2n) is 5.24. The van der Waals surface area contributed by atoms with Crippen molar-refractivity contribution in [3.05, 3.63) is 68.7 Å². The van der Waals surface area contributed by atoms with Crippen molar-refractivity contribution < 1.29 is 14.5 Å². The number of carbonyl (C=O) groups excluding carboxylic acids is 1. The van der Waals surface area contributed by atoms with Crippen LogP contribution in [0, 0.1) is 10.1 Å². The summed E-state index contributed by atoms with van der Waals surface area (Å²) in [5.41, 5.74) is 1.45. The first-order valence-corrected chi connectivity index (χ1v) is 8.23. The molecule has 26 heavy (non-hydrogen) atoms. The van der Waals surface area contributed by atoms with E-state index in [1.165, 1.54) is 19.2 Å². The van der Waals surface area contributed by atoms with E-state index in [9.17, 15) is 14.9 Å². The summed E-state index contributed by atoms with van der Waals surface area (Å²) in [6.07, 6.45) is 0. The molecule has 3 aromatic rings. The maximum Gasteiger partial charge on any atom is 0.311 e. The molecule has 0 aliphatic heterocycles. The number of hydrogen-bond donors (Lipinski definition) is 2. The number of aromatic amines is 1. The van der Waals surface area contributed by atoms with Crippen molar-refractivity contribution in [3.8, 4) is 17.0 Å². The van der Waals surface area contributed by atoms with Crippen molar-refractivity contribution >= 4 is 33.3 Å². The first kappa shape index (κ1) is 17.6. The minimum Gasteiger partial charge on any atom is -0.490 e. The fourth-order valence-corrected chi connectivity index (χ4v) is 2.86. The lowest BCUT2D eigenvalue weighted by Gasteiger charge is -2.05. The van der Waals surface area contributed by atoms with Gasteiger partial charge >= 0.3 is 5.69 Å². The third kappa shape index (κ3) is 3.57. The molecule has 8 nitrogen and oxygen atoms in total. The number of benzene rings is 2. The topological polar surface area (TPSA) is 110 Å². The minimum atomic E-state index is -0.602. The van der Waals surface area contributed by atoms with Crippen LogP contribution in [0.25, 0.3) is 11.3 Å². The summed E-state index contributed by atoms with van der Waals surface area (Å²) in [6, 6.07) is 13.2. The molecule has 0 fully saturated rings. The summed E-state index contributed by atoms with van der Waals surface area (Å²) < 4.78 is 5.81. The Morgan fingerprint density at radius 1 is 1.27 bits per heavy atom. The van der Waals surface area contributed by atoms with Crippen LogP contribution in [-0.4, -0.2) is 28.1 Å². The number of nitrogens with one attached hydrogen (secondary N) is 2. The number of anilines is 1. The molecule has 1 amide bonds. The van der Waals surface area contributed by atoms with Crippen LogP contribution in [0.1, 0.15) is 10.4 Å². The molecule has 0 aliphatic rings. The van der Waals surface area contributed by atoms with E-state index in [2.05, 4.69) is 31.4 Å². The van der Waals surface area contributed by atoms with Gasteiger partial charge in [0, 0.05) is 27.7 Å². The Morgan fingerprint density at radius 3 is 2.73 bits per heavy atom. The van der Waals surface area contributed by atoms with Crippen LogP contribution in [0.15, 0.2) is 53.0 Å². The molecule has 2 N–H and O–H groups in total. The molecule has 3 rings (SSSR count). The smallest absolute Gasteiger partial charge is 0.311 e. The number of ether oxygens (including phenoxy) is 1. The Morgan fingerprint density at radius 2 is 2.04 bits per heavy atom. The number of nitro groups is 1. The van der Waals surface area contributed by atoms with Crippen molar-refractivity contribution in [1.29, 1.82) is 0 Å². The number of nitro benzene ring substituents is 1. The van der Waals surface area contributed by atoms with Crippen LogP contribution in [-0.2, 0) is 0 Å². The SMILES string of the molecule is COc1ccc(C(=O)Nc2cc(-c3ccccc3Br)[nH]n2)cc1[N+](=O)[O-]. The van der Waals surface area contributed by atoms with Gasteiger partial charge in [-0.15, -0.1) is 0 Å². The van der Waals surface area contributed by atoms with Crippen molar-refractivity contribution in [2.45, 2.75) is 0 Å². The fourth-order valence-electron chi connectivity index (χ4n) is 2.37. The first-order valence-electron chi connectivity index (χ1n) is 7.43. The van der Waals surface area contributed by atoms with E-state index < -0.39 is 10.8 Å². The zero-order valence-electron chi connectivity index (χ0n) is 13.5. The number of methoxy groups -OCH3 is 1. The van der Waals surface area contributed by atoms with Gasteiger partial charge in [-0.05, 0) is 18.2 Å². The number of carbonyl (C=O) groups is 1. The molecule has 0 bridgehead atoms. The summed E-state index contributed by atoms with van der Waals surface area (Å²) in [4.78, 5) is 22.8. The number of hydrogen-bond acceptors (Lipinski definition) is 5. The van der Waals surface area contributed by atoms with E-state index in [0.717, 1.165) is 16.1 Å². The standard InChI is InChI=1S/C17H13BrN4O4/c1-26-15-7-6-10(8-14(15)22(24)25)17(23)19-16-9-13(20-21-16)11-4-2-3-5-12(11)18/h2-9H,1H3,(H2,19,20,21,23). The lowest BCUT2D eigenvalue weighted by atomic mass is 10.1. The van der Waals surface area contributed by atoms with Crippen LogP contribution in [0.3, 0.4) is 0 Å². The van der Waals surface area contributed by atoms with E-state index in [0.29, 0.717) is 11.5 Å². The van der Waals surface area contributed by atoms with Crippen molar-refractivity contribution in [2.75, 3.05) is 12.4 Å². The van der Waals surface area contributed by atoms with Gasteiger partial charge in [0.2, 0.25) is 0 Å². The quantitative estimate of drug-likeness (QED) is 0.482. The summed E-state index contributed by atoms with van der Waals surface area (Å²) in [6.45, 7) is 0. The second-order valence-corrected chi connectivity index (χ2v) is 6.10. The molecule has 0 spiro atoms. The van der Waals surface area contributed by atoms with Crippen LogP contribution in [0.5, 0.6) is 5.75 Å². The number of amides is 1. The Bertz CT molecular complexity index is 986. The molecule has 1 aromatic heterocycles. The maximum absolute atomic E-state index is 12.4. The number of rotatable bonds is 5. The van der Waals surface area contributed by atoms with E-state index in [4.69, 9.17) is 4.74 Å². The van der Waals surface area contributed by atoms with Gasteiger partial charge in [-0.1, -0.05) is 34.1 Å². The van der Waals surface area contributed by atoms with E-state index in [1.807, 2.05) is 24.3 Å². The van der Waals surface area contributed by atoms with Crippen LogP contribution >= 0.6 is 15.9 Å². The lowest BCUT2D eigenvalue weighted by Crippen LogP contribution is -2.12. The molecule has 0 radical (unpaired) electrons. The van der Waals surface area contributed by atoms with E-state index >= 15 is 0 Å². The monoisotopic (exact) mass is 416 g/mol. The molecule has 0 saturated heterocycles. The molecule has 132 valence electrons. The molecule has 0 saturated carbocycles. The number of halogens is 1. The highest BCUT2D eigenvalue weighted by Crippen LogP contribution is 2.29. The third-order valence-electron chi connectivity index (χ3n) is 3.62. The second kappa shape index (κ2) is 7.36. The summed E-state index contributed by atoms with van der Waals surface area (Å²) in [7, 11) is 1.33. The van der Waals surface area contributed by atoms with Gasteiger partial charge in [-0.25, -0.2) is 0 Å². The number of nitrogens with zero attached hydrogens (tertiary/aromatic N) is 2. The summed E-state index contributed by atoms with van der Waals surface area (Å²) in [5, 5.41) is 20.6. The fraction of sp³-hybridized carbons (Fsp3) is 0.0588. The average molecular weight is 417 g/mol. The summed E-state index contributed by atoms with van der Waals surface area (Å²) >= 11 is 3.45. The third-order valence-corrected chi connectivity index (χ3v) is 4.31. The lowest BCUT2D eigenvalue weighted by molar-refractivity contribution is -0.385. The van der Waals surface area contributed by atoms with Crippen molar-refractivity contribution in [2.24, 2.45) is 0 Å². The van der Waals surface area contributed by atoms with Gasteiger partial charge < -0.3 is 10.1 Å². The molecule has 0 unspecified atom stereocenters. The largest absolute Gasteiger partial charge is 0.490 e. The van der Waals surface area contributed by atoms with Gasteiger partial charge in [0.05, 0.1) is 17.7 Å². The maximum atomic E-state index is 12.4. The molecular weight excluding hydrogens is 404 g/mol. The van der Waals surface area contributed by atoms with Gasteiger partial charge in [0.25, 0.3) is 5.91 Å². The zero-order chi connectivity index (χ0) is 18.7.